The highest BCUT2D eigenvalue weighted by Crippen LogP contribution is 2.12. The van der Waals surface area contributed by atoms with Crippen molar-refractivity contribution in [2.24, 2.45) is 7.05 Å². The van der Waals surface area contributed by atoms with Crippen LogP contribution < -0.4 is 10.6 Å². The van der Waals surface area contributed by atoms with Crippen LogP contribution in [0.25, 0.3) is 0 Å². The Hall–Kier alpha value is -1.57. The molecule has 0 aliphatic rings. The first-order chi connectivity index (χ1) is 8.79. The number of aromatic nitrogens is 2. The van der Waals surface area contributed by atoms with Crippen LogP contribution in [0.3, 0.4) is 0 Å². The predicted octanol–water partition coefficient (Wildman–Crippen LogP) is 0.619. The Kier molecular flexibility index (Phi) is 5.34. The Bertz CT molecular complexity index is 416. The molecule has 1 aromatic rings. The lowest BCUT2D eigenvalue weighted by molar-refractivity contribution is -0.139. The lowest BCUT2D eigenvalue weighted by Crippen LogP contribution is -2.45. The number of hydrogen-bond acceptors (Lipinski definition) is 3. The van der Waals surface area contributed by atoms with E-state index in [-0.39, 0.29) is 0 Å². The fourth-order valence-corrected chi connectivity index (χ4v) is 1.50. The molecular formula is C11H17F3N4O. The highest BCUT2D eigenvalue weighted by atomic mass is 19.4. The summed E-state index contributed by atoms with van der Waals surface area (Å²) in [5.74, 6) is -0.665. The number of amides is 1. The normalized spacial score (nSPS) is 13.3. The number of rotatable bonds is 6. The van der Waals surface area contributed by atoms with E-state index in [4.69, 9.17) is 0 Å². The van der Waals surface area contributed by atoms with E-state index in [0.717, 1.165) is 5.69 Å². The van der Waals surface area contributed by atoms with Crippen LogP contribution in [-0.4, -0.2) is 41.0 Å². The summed E-state index contributed by atoms with van der Waals surface area (Å²) in [5, 5.41) is 8.69. The van der Waals surface area contributed by atoms with Crippen LogP contribution in [0.15, 0.2) is 12.3 Å². The molecule has 0 fully saturated rings. The third kappa shape index (κ3) is 5.73. The van der Waals surface area contributed by atoms with Gasteiger partial charge in [-0.15, -0.1) is 0 Å². The van der Waals surface area contributed by atoms with Gasteiger partial charge in [0.1, 0.15) is 6.54 Å². The summed E-state index contributed by atoms with van der Waals surface area (Å²) in [6.07, 6.45) is -2.08. The Morgan fingerprint density at radius 2 is 2.21 bits per heavy atom. The second-order valence-corrected chi connectivity index (χ2v) is 4.20. The topological polar surface area (TPSA) is 59.0 Å². The van der Waals surface area contributed by atoms with Crippen LogP contribution in [0.1, 0.15) is 12.6 Å². The predicted molar refractivity (Wildman–Crippen MR) is 63.4 cm³/mol. The van der Waals surface area contributed by atoms with Gasteiger partial charge in [0.25, 0.3) is 0 Å². The van der Waals surface area contributed by atoms with E-state index in [2.05, 4.69) is 10.4 Å². The standard InChI is InChI=1S/C11H17F3N4O/c1-8(10(19)16-7-11(12,13)14)15-5-3-9-4-6-17-18(9)2/h4,6,8,15H,3,5,7H2,1-2H3,(H,16,19). The number of hydrogen-bond donors (Lipinski definition) is 2. The zero-order valence-electron chi connectivity index (χ0n) is 10.8. The first kappa shape index (κ1) is 15.5. The van der Waals surface area contributed by atoms with Crippen LogP contribution in [0.5, 0.6) is 0 Å². The Labute approximate surface area is 109 Å². The van der Waals surface area contributed by atoms with Crippen LogP contribution in [0.4, 0.5) is 13.2 Å². The molecule has 0 radical (unpaired) electrons. The molecule has 1 heterocycles. The molecule has 0 saturated carbocycles. The molecule has 19 heavy (non-hydrogen) atoms. The summed E-state index contributed by atoms with van der Waals surface area (Å²) in [5.41, 5.74) is 0.982. The maximum Gasteiger partial charge on any atom is 0.405 e. The molecule has 0 aliphatic heterocycles. The van der Waals surface area contributed by atoms with Crippen molar-refractivity contribution in [1.29, 1.82) is 0 Å². The summed E-state index contributed by atoms with van der Waals surface area (Å²) in [6.45, 7) is 0.703. The average molecular weight is 278 g/mol. The zero-order chi connectivity index (χ0) is 14.5. The molecule has 0 bridgehead atoms. The molecule has 1 unspecified atom stereocenters. The molecule has 1 rings (SSSR count). The minimum absolute atomic E-state index is 0.486. The fraction of sp³-hybridized carbons (Fsp3) is 0.636. The average Bonchev–Trinajstić information content (AvgIpc) is 2.71. The van der Waals surface area contributed by atoms with E-state index in [0.29, 0.717) is 13.0 Å². The van der Waals surface area contributed by atoms with Crippen LogP contribution in [0.2, 0.25) is 0 Å². The van der Waals surface area contributed by atoms with E-state index < -0.39 is 24.7 Å². The smallest absolute Gasteiger partial charge is 0.346 e. The van der Waals surface area contributed by atoms with Crippen molar-refractivity contribution in [1.82, 2.24) is 20.4 Å². The third-order valence-electron chi connectivity index (χ3n) is 2.61. The van der Waals surface area contributed by atoms with Gasteiger partial charge in [-0.2, -0.15) is 18.3 Å². The quantitative estimate of drug-likeness (QED) is 0.802. The monoisotopic (exact) mass is 278 g/mol. The van der Waals surface area contributed by atoms with Gasteiger partial charge in [0.05, 0.1) is 6.04 Å². The number of alkyl halides is 3. The van der Waals surface area contributed by atoms with Crippen LogP contribution >= 0.6 is 0 Å². The van der Waals surface area contributed by atoms with Gasteiger partial charge in [0, 0.05) is 31.9 Å². The van der Waals surface area contributed by atoms with E-state index in [1.54, 1.807) is 17.9 Å². The summed E-state index contributed by atoms with van der Waals surface area (Å²) < 4.78 is 37.5. The van der Waals surface area contributed by atoms with Gasteiger partial charge in [-0.3, -0.25) is 9.48 Å². The molecule has 108 valence electrons. The molecule has 0 saturated heterocycles. The van der Waals surface area contributed by atoms with Gasteiger partial charge < -0.3 is 10.6 Å². The summed E-state index contributed by atoms with van der Waals surface area (Å²) in [6, 6.07) is 1.17. The van der Waals surface area contributed by atoms with Crippen LogP contribution in [0, 0.1) is 0 Å². The number of nitrogens with zero attached hydrogens (tertiary/aromatic N) is 2. The van der Waals surface area contributed by atoms with Gasteiger partial charge in [0.15, 0.2) is 0 Å². The maximum atomic E-state index is 11.9. The minimum atomic E-state index is -4.38. The second kappa shape index (κ2) is 6.55. The van der Waals surface area contributed by atoms with E-state index >= 15 is 0 Å². The molecule has 8 heteroatoms. The first-order valence-electron chi connectivity index (χ1n) is 5.84. The minimum Gasteiger partial charge on any atom is -0.346 e. The molecule has 0 spiro atoms. The highest BCUT2D eigenvalue weighted by molar-refractivity contribution is 5.81. The summed E-state index contributed by atoms with van der Waals surface area (Å²) in [7, 11) is 1.80. The van der Waals surface area contributed by atoms with Gasteiger partial charge >= 0.3 is 6.18 Å². The van der Waals surface area contributed by atoms with Gasteiger partial charge in [0.2, 0.25) is 5.91 Å². The van der Waals surface area contributed by atoms with E-state index in [1.165, 1.54) is 6.92 Å². The van der Waals surface area contributed by atoms with Crippen molar-refractivity contribution in [3.05, 3.63) is 18.0 Å². The molecule has 0 aliphatic carbocycles. The lowest BCUT2D eigenvalue weighted by Gasteiger charge is -2.15. The van der Waals surface area contributed by atoms with Gasteiger partial charge in [-0.05, 0) is 13.0 Å². The van der Waals surface area contributed by atoms with Gasteiger partial charge in [-0.1, -0.05) is 0 Å². The number of nitrogens with one attached hydrogen (secondary N) is 2. The molecule has 1 amide bonds. The first-order valence-corrected chi connectivity index (χ1v) is 5.84. The van der Waals surface area contributed by atoms with E-state index in [9.17, 15) is 18.0 Å². The number of aryl methyl sites for hydroxylation is 1. The Morgan fingerprint density at radius 1 is 1.53 bits per heavy atom. The van der Waals surface area contributed by atoms with Crippen molar-refractivity contribution >= 4 is 5.91 Å². The van der Waals surface area contributed by atoms with Gasteiger partial charge in [-0.25, -0.2) is 0 Å². The highest BCUT2D eigenvalue weighted by Gasteiger charge is 2.28. The Morgan fingerprint density at radius 3 is 2.74 bits per heavy atom. The second-order valence-electron chi connectivity index (χ2n) is 4.20. The third-order valence-corrected chi connectivity index (χ3v) is 2.61. The zero-order valence-corrected chi connectivity index (χ0v) is 10.8. The molecule has 5 nitrogen and oxygen atoms in total. The number of carbonyl (C=O) groups is 1. The van der Waals surface area contributed by atoms with Crippen molar-refractivity contribution in [2.45, 2.75) is 25.6 Å². The van der Waals surface area contributed by atoms with Crippen molar-refractivity contribution in [2.75, 3.05) is 13.1 Å². The molecule has 2 N–H and O–H groups in total. The maximum absolute atomic E-state index is 11.9. The largest absolute Gasteiger partial charge is 0.405 e. The molecule has 1 atom stereocenters. The number of carbonyl (C=O) groups excluding carboxylic acids is 1. The summed E-state index contributed by atoms with van der Waals surface area (Å²) >= 11 is 0. The molecular weight excluding hydrogens is 261 g/mol. The molecule has 0 aromatic carbocycles. The SMILES string of the molecule is CC(NCCc1ccnn1C)C(=O)NCC(F)(F)F. The van der Waals surface area contributed by atoms with Crippen molar-refractivity contribution < 1.29 is 18.0 Å². The van der Waals surface area contributed by atoms with E-state index in [1.807, 2.05) is 11.4 Å². The Balaban J connectivity index is 2.25. The van der Waals surface area contributed by atoms with Crippen molar-refractivity contribution in [3.8, 4) is 0 Å². The van der Waals surface area contributed by atoms with Crippen LogP contribution in [-0.2, 0) is 18.3 Å². The van der Waals surface area contributed by atoms with Crippen molar-refractivity contribution in [3.63, 3.8) is 0 Å². The molecule has 1 aromatic heterocycles. The fourth-order valence-electron chi connectivity index (χ4n) is 1.50. The summed E-state index contributed by atoms with van der Waals surface area (Å²) in [4.78, 5) is 11.4. The lowest BCUT2D eigenvalue weighted by atomic mass is 10.2. The number of halogens is 3.